The first-order valence-corrected chi connectivity index (χ1v) is 9.05. The molecule has 1 unspecified atom stereocenters. The van der Waals surface area contributed by atoms with Crippen molar-refractivity contribution in [3.63, 3.8) is 0 Å². The highest BCUT2D eigenvalue weighted by Crippen LogP contribution is 2.25. The molecule has 0 saturated carbocycles. The fraction of sp³-hybridized carbons (Fsp3) is 0.611. The predicted octanol–water partition coefficient (Wildman–Crippen LogP) is 3.99. The monoisotopic (exact) mass is 409 g/mol. The number of hydrogen-bond donors (Lipinski definition) is 2. The second-order valence-corrected chi connectivity index (χ2v) is 7.36. The van der Waals surface area contributed by atoms with E-state index in [0.717, 1.165) is 12.2 Å². The Labute approximate surface area is 165 Å². The van der Waals surface area contributed by atoms with E-state index in [1.165, 1.54) is 4.90 Å². The van der Waals surface area contributed by atoms with Crippen molar-refractivity contribution in [2.75, 3.05) is 26.8 Å². The Morgan fingerprint density at radius 1 is 1.27 bits per heavy atom. The molecule has 1 rings (SSSR count). The van der Waals surface area contributed by atoms with E-state index < -0.39 is 17.8 Å². The van der Waals surface area contributed by atoms with Crippen LogP contribution in [0.25, 0.3) is 0 Å². The van der Waals surface area contributed by atoms with Gasteiger partial charge in [0.05, 0.1) is 36.4 Å². The van der Waals surface area contributed by atoms with Gasteiger partial charge in [-0.2, -0.15) is 0 Å². The number of carbonyl (C=O) groups is 1. The first-order chi connectivity index (χ1) is 12.0. The van der Waals surface area contributed by atoms with Crippen molar-refractivity contribution >= 4 is 29.3 Å². The zero-order chi connectivity index (χ0) is 20.3. The van der Waals surface area contributed by atoms with E-state index in [9.17, 15) is 9.90 Å². The van der Waals surface area contributed by atoms with E-state index in [1.54, 1.807) is 46.1 Å². The fourth-order valence-electron chi connectivity index (χ4n) is 1.77. The third-order valence-corrected chi connectivity index (χ3v) is 3.65. The minimum absolute atomic E-state index is 0.0965. The highest BCUT2D eigenvalue weighted by Gasteiger charge is 2.23. The molecule has 0 radical (unpaired) electrons. The summed E-state index contributed by atoms with van der Waals surface area (Å²) in [6.07, 6.45) is -0.599. The molecule has 0 aromatic heterocycles. The highest BCUT2D eigenvalue weighted by molar-refractivity contribution is 6.42. The van der Waals surface area contributed by atoms with Crippen molar-refractivity contribution in [2.24, 2.45) is 0 Å². The van der Waals surface area contributed by atoms with E-state index in [0.29, 0.717) is 16.6 Å². The van der Waals surface area contributed by atoms with Crippen LogP contribution in [0.3, 0.4) is 0 Å². The van der Waals surface area contributed by atoms with E-state index in [2.05, 4.69) is 0 Å². The largest absolute Gasteiger partial charge is 0.497 e. The maximum atomic E-state index is 11.7. The van der Waals surface area contributed by atoms with E-state index in [4.69, 9.17) is 37.8 Å². The van der Waals surface area contributed by atoms with Crippen LogP contribution >= 0.6 is 23.2 Å². The minimum atomic E-state index is -0.918. The van der Waals surface area contributed by atoms with Gasteiger partial charge in [-0.25, -0.2) is 4.79 Å². The number of aliphatic hydroxyl groups excluding tert-OH is 2. The molecule has 0 bridgehead atoms. The minimum Gasteiger partial charge on any atom is -0.497 e. The molecular formula is C18H29Cl2NO5. The number of halogens is 2. The second kappa shape index (κ2) is 12.2. The number of benzene rings is 1. The number of amides is 1. The van der Waals surface area contributed by atoms with Crippen LogP contribution in [0.5, 0.6) is 5.75 Å². The van der Waals surface area contributed by atoms with Gasteiger partial charge in [-0.05, 0) is 39.3 Å². The van der Waals surface area contributed by atoms with Gasteiger partial charge in [0, 0.05) is 12.6 Å². The molecular weight excluding hydrogens is 381 g/mol. The van der Waals surface area contributed by atoms with E-state index >= 15 is 0 Å². The Morgan fingerprint density at radius 2 is 1.88 bits per heavy atom. The summed E-state index contributed by atoms with van der Waals surface area (Å²) in [4.78, 5) is 13.1. The summed E-state index contributed by atoms with van der Waals surface area (Å²) in [6.45, 7) is 7.55. The maximum absolute atomic E-state index is 11.7. The van der Waals surface area contributed by atoms with Crippen molar-refractivity contribution in [3.8, 4) is 5.75 Å². The Kier molecular flexibility index (Phi) is 11.7. The van der Waals surface area contributed by atoms with Crippen LogP contribution in [-0.2, 0) is 4.74 Å². The number of ether oxygens (including phenoxy) is 2. The molecule has 26 heavy (non-hydrogen) atoms. The summed E-state index contributed by atoms with van der Waals surface area (Å²) < 4.78 is 10.1. The summed E-state index contributed by atoms with van der Waals surface area (Å²) in [5.41, 5.74) is -0.548. The molecule has 8 heteroatoms. The Morgan fingerprint density at radius 3 is 2.31 bits per heavy atom. The number of rotatable bonds is 6. The van der Waals surface area contributed by atoms with Gasteiger partial charge in [-0.1, -0.05) is 30.1 Å². The van der Waals surface area contributed by atoms with Crippen molar-refractivity contribution in [3.05, 3.63) is 28.2 Å². The molecule has 0 fully saturated rings. The molecule has 2 N–H and O–H groups in total. The van der Waals surface area contributed by atoms with Gasteiger partial charge in [0.15, 0.2) is 0 Å². The van der Waals surface area contributed by atoms with Gasteiger partial charge in [0.1, 0.15) is 11.4 Å². The first-order valence-electron chi connectivity index (χ1n) is 8.29. The van der Waals surface area contributed by atoms with Crippen molar-refractivity contribution in [1.29, 1.82) is 0 Å². The molecule has 0 aliphatic carbocycles. The van der Waals surface area contributed by atoms with E-state index in [1.807, 2.05) is 6.92 Å². The lowest BCUT2D eigenvalue weighted by Gasteiger charge is -2.28. The quantitative estimate of drug-likeness (QED) is 0.742. The Balaban J connectivity index is 0.000000531. The Bertz CT molecular complexity index is 549. The molecule has 1 aromatic carbocycles. The van der Waals surface area contributed by atoms with Gasteiger partial charge in [0.2, 0.25) is 0 Å². The van der Waals surface area contributed by atoms with Gasteiger partial charge < -0.3 is 24.6 Å². The number of methoxy groups -OCH3 is 1. The molecule has 150 valence electrons. The lowest BCUT2D eigenvalue weighted by Crippen LogP contribution is -2.42. The van der Waals surface area contributed by atoms with Gasteiger partial charge in [-0.15, -0.1) is 0 Å². The van der Waals surface area contributed by atoms with Crippen molar-refractivity contribution in [1.82, 2.24) is 4.90 Å². The van der Waals surface area contributed by atoms with E-state index in [-0.39, 0.29) is 13.2 Å². The van der Waals surface area contributed by atoms with Crippen molar-refractivity contribution < 1.29 is 24.5 Å². The van der Waals surface area contributed by atoms with Gasteiger partial charge in [-0.3, -0.25) is 0 Å². The number of hydrogen-bond acceptors (Lipinski definition) is 5. The summed E-state index contributed by atoms with van der Waals surface area (Å²) in [5.74, 6) is 0.717. The molecule has 1 amide bonds. The van der Waals surface area contributed by atoms with Crippen LogP contribution < -0.4 is 4.74 Å². The van der Waals surface area contributed by atoms with Crippen LogP contribution in [0.15, 0.2) is 18.2 Å². The van der Waals surface area contributed by atoms with Crippen LogP contribution in [0.1, 0.15) is 34.1 Å². The molecule has 0 aliphatic heterocycles. The molecule has 0 saturated heterocycles. The van der Waals surface area contributed by atoms with Crippen molar-refractivity contribution in [2.45, 2.75) is 45.8 Å². The molecule has 0 aliphatic rings. The van der Waals surface area contributed by atoms with Crippen LogP contribution in [0, 0.1) is 0 Å². The number of aliphatic hydroxyl groups is 2. The highest BCUT2D eigenvalue weighted by atomic mass is 35.5. The standard InChI is InChI=1S/C11H23NO4.C7H6Cl2O/c1-5-6-12(7-9(14)8-13)10(15)16-11(2,3)4;1-10-5-2-3-6(8)7(9)4-5/h9,13-14H,5-8H2,1-4H3;2-4H,1H3. The molecule has 1 aromatic rings. The smallest absolute Gasteiger partial charge is 0.410 e. The summed E-state index contributed by atoms with van der Waals surface area (Å²) >= 11 is 11.3. The molecule has 1 atom stereocenters. The lowest BCUT2D eigenvalue weighted by molar-refractivity contribution is 0.00747. The summed E-state index contributed by atoms with van der Waals surface area (Å²) in [5, 5.41) is 19.1. The summed E-state index contributed by atoms with van der Waals surface area (Å²) in [7, 11) is 1.58. The summed E-state index contributed by atoms with van der Waals surface area (Å²) in [6, 6.07) is 5.13. The van der Waals surface area contributed by atoms with Crippen LogP contribution in [0.4, 0.5) is 4.79 Å². The Hall–Kier alpha value is -1.21. The van der Waals surface area contributed by atoms with Crippen LogP contribution in [-0.4, -0.2) is 59.7 Å². The van der Waals surface area contributed by atoms with Gasteiger partial charge >= 0.3 is 6.09 Å². The fourth-order valence-corrected chi connectivity index (χ4v) is 2.06. The zero-order valence-corrected chi connectivity index (χ0v) is 17.5. The van der Waals surface area contributed by atoms with Gasteiger partial charge in [0.25, 0.3) is 0 Å². The number of nitrogens with zero attached hydrogens (tertiary/aromatic N) is 1. The zero-order valence-electron chi connectivity index (χ0n) is 16.0. The molecule has 6 nitrogen and oxygen atoms in total. The topological polar surface area (TPSA) is 79.2 Å². The number of carbonyl (C=O) groups excluding carboxylic acids is 1. The molecule has 0 spiro atoms. The third kappa shape index (κ3) is 10.7. The molecule has 0 heterocycles. The third-order valence-electron chi connectivity index (χ3n) is 2.91. The maximum Gasteiger partial charge on any atom is 0.410 e. The average Bonchev–Trinajstić information content (AvgIpc) is 2.55. The second-order valence-electron chi connectivity index (χ2n) is 6.54. The predicted molar refractivity (Wildman–Crippen MR) is 104 cm³/mol. The normalized spacial score (nSPS) is 11.9. The first kappa shape index (κ1) is 24.8. The average molecular weight is 410 g/mol. The SMILES string of the molecule is CCCN(CC(O)CO)C(=O)OC(C)(C)C.COc1ccc(Cl)c(Cl)c1. The lowest BCUT2D eigenvalue weighted by atomic mass is 10.2. The van der Waals surface area contributed by atoms with Crippen LogP contribution in [0.2, 0.25) is 10.0 Å².